The molecule has 1 atom stereocenters. The summed E-state index contributed by atoms with van der Waals surface area (Å²) >= 11 is 0. The Labute approximate surface area is 146 Å². The minimum absolute atomic E-state index is 0.0393. The van der Waals surface area contributed by atoms with E-state index in [0.29, 0.717) is 18.8 Å². The minimum Gasteiger partial charge on any atom is -0.497 e. The normalized spacial score (nSPS) is 16.8. The van der Waals surface area contributed by atoms with Crippen molar-refractivity contribution in [2.45, 2.75) is 12.8 Å². The van der Waals surface area contributed by atoms with Crippen molar-refractivity contribution in [1.29, 1.82) is 0 Å². The second kappa shape index (κ2) is 7.79. The number of hydrogen-bond acceptors (Lipinski definition) is 4. The largest absolute Gasteiger partial charge is 0.497 e. The average Bonchev–Trinajstić information content (AvgIpc) is 3.04. The first-order chi connectivity index (χ1) is 12.2. The van der Waals surface area contributed by atoms with E-state index >= 15 is 0 Å². The fourth-order valence-corrected chi connectivity index (χ4v) is 2.93. The van der Waals surface area contributed by atoms with Crippen molar-refractivity contribution < 1.29 is 14.3 Å². The van der Waals surface area contributed by atoms with Crippen LogP contribution in [0.5, 0.6) is 5.75 Å². The molecule has 1 aromatic heterocycles. The number of hydrogen-bond donors (Lipinski definition) is 1. The maximum absolute atomic E-state index is 12.4. The van der Waals surface area contributed by atoms with Crippen LogP contribution in [0.15, 0.2) is 48.8 Å². The van der Waals surface area contributed by atoms with Crippen LogP contribution in [0.4, 0.5) is 5.69 Å². The van der Waals surface area contributed by atoms with Crippen molar-refractivity contribution in [2.24, 2.45) is 5.92 Å². The highest BCUT2D eigenvalue weighted by Crippen LogP contribution is 2.27. The second-order valence-corrected chi connectivity index (χ2v) is 6.00. The molecule has 1 N–H and O–H groups in total. The van der Waals surface area contributed by atoms with E-state index in [1.807, 2.05) is 36.4 Å². The molecular formula is C19H21N3O3. The lowest BCUT2D eigenvalue weighted by molar-refractivity contribution is -0.126. The summed E-state index contributed by atoms with van der Waals surface area (Å²) in [5.74, 6) is 0.252. The fourth-order valence-electron chi connectivity index (χ4n) is 2.93. The third-order valence-electron chi connectivity index (χ3n) is 4.32. The van der Waals surface area contributed by atoms with Gasteiger partial charge in [-0.1, -0.05) is 6.07 Å². The van der Waals surface area contributed by atoms with Crippen molar-refractivity contribution in [3.8, 4) is 5.75 Å². The summed E-state index contributed by atoms with van der Waals surface area (Å²) in [6.45, 7) is 0.944. The Hall–Kier alpha value is -2.89. The van der Waals surface area contributed by atoms with Gasteiger partial charge in [-0.3, -0.25) is 14.6 Å². The highest BCUT2D eigenvalue weighted by atomic mass is 16.5. The first-order valence-corrected chi connectivity index (χ1v) is 8.28. The summed E-state index contributed by atoms with van der Waals surface area (Å²) in [5, 5.41) is 2.93. The first kappa shape index (κ1) is 17.0. The quantitative estimate of drug-likeness (QED) is 0.871. The van der Waals surface area contributed by atoms with Crippen molar-refractivity contribution in [2.75, 3.05) is 25.1 Å². The van der Waals surface area contributed by atoms with Crippen LogP contribution in [0.2, 0.25) is 0 Å². The molecule has 2 amide bonds. The van der Waals surface area contributed by atoms with E-state index < -0.39 is 0 Å². The van der Waals surface area contributed by atoms with Gasteiger partial charge < -0.3 is 15.0 Å². The summed E-state index contributed by atoms with van der Waals surface area (Å²) < 4.78 is 5.20. The van der Waals surface area contributed by atoms with E-state index in [9.17, 15) is 9.59 Å². The molecule has 0 aliphatic carbocycles. The molecule has 1 saturated heterocycles. The predicted octanol–water partition coefficient (Wildman–Crippen LogP) is 1.80. The van der Waals surface area contributed by atoms with Crippen LogP contribution in [-0.4, -0.2) is 37.0 Å². The lowest BCUT2D eigenvalue weighted by Crippen LogP contribution is -2.34. The van der Waals surface area contributed by atoms with Gasteiger partial charge >= 0.3 is 0 Å². The van der Waals surface area contributed by atoms with Gasteiger partial charge in [0.15, 0.2) is 0 Å². The highest BCUT2D eigenvalue weighted by Gasteiger charge is 2.35. The molecule has 130 valence electrons. The number of carbonyl (C=O) groups excluding carboxylic acids is 2. The molecule has 2 aromatic rings. The maximum Gasteiger partial charge on any atom is 0.227 e. The van der Waals surface area contributed by atoms with Gasteiger partial charge in [-0.05, 0) is 36.2 Å². The third-order valence-corrected chi connectivity index (χ3v) is 4.32. The van der Waals surface area contributed by atoms with Crippen molar-refractivity contribution >= 4 is 17.5 Å². The zero-order valence-corrected chi connectivity index (χ0v) is 14.1. The minimum atomic E-state index is -0.323. The van der Waals surface area contributed by atoms with Gasteiger partial charge in [0.25, 0.3) is 0 Å². The number of aromatic nitrogens is 1. The number of amides is 2. The van der Waals surface area contributed by atoms with Crippen LogP contribution in [0.3, 0.4) is 0 Å². The number of rotatable bonds is 6. The van der Waals surface area contributed by atoms with Crippen molar-refractivity contribution in [3.63, 3.8) is 0 Å². The van der Waals surface area contributed by atoms with Gasteiger partial charge in [0.2, 0.25) is 11.8 Å². The van der Waals surface area contributed by atoms with Crippen LogP contribution in [0.1, 0.15) is 12.0 Å². The lowest BCUT2D eigenvalue weighted by atomic mass is 10.1. The van der Waals surface area contributed by atoms with Crippen LogP contribution >= 0.6 is 0 Å². The Morgan fingerprint density at radius 3 is 2.88 bits per heavy atom. The SMILES string of the molecule is COc1cccc(N2CC(C(=O)NCCc3ccncc3)CC2=O)c1. The number of carbonyl (C=O) groups is 2. The predicted molar refractivity (Wildman–Crippen MR) is 94.4 cm³/mol. The summed E-state index contributed by atoms with van der Waals surface area (Å²) in [6.07, 6.45) is 4.45. The van der Waals surface area contributed by atoms with E-state index in [0.717, 1.165) is 17.7 Å². The Bertz CT molecular complexity index is 749. The smallest absolute Gasteiger partial charge is 0.227 e. The molecule has 6 heteroatoms. The molecule has 2 heterocycles. The summed E-state index contributed by atoms with van der Waals surface area (Å²) in [7, 11) is 1.59. The molecule has 1 aromatic carbocycles. The Morgan fingerprint density at radius 1 is 1.32 bits per heavy atom. The Balaban J connectivity index is 1.55. The van der Waals surface area contributed by atoms with Gasteiger partial charge in [-0.15, -0.1) is 0 Å². The van der Waals surface area contributed by atoms with Gasteiger partial charge in [0.05, 0.1) is 13.0 Å². The second-order valence-electron chi connectivity index (χ2n) is 6.00. The molecular weight excluding hydrogens is 318 g/mol. The van der Waals surface area contributed by atoms with Crippen LogP contribution in [-0.2, 0) is 16.0 Å². The Morgan fingerprint density at radius 2 is 2.12 bits per heavy atom. The van der Waals surface area contributed by atoms with E-state index in [1.54, 1.807) is 24.4 Å². The van der Waals surface area contributed by atoms with Crippen LogP contribution in [0, 0.1) is 5.92 Å². The van der Waals surface area contributed by atoms with Crippen molar-refractivity contribution in [1.82, 2.24) is 10.3 Å². The monoisotopic (exact) mass is 339 g/mol. The van der Waals surface area contributed by atoms with E-state index in [1.165, 1.54) is 0 Å². The molecule has 3 rings (SSSR count). The lowest BCUT2D eigenvalue weighted by Gasteiger charge is -2.17. The maximum atomic E-state index is 12.4. The number of ether oxygens (including phenoxy) is 1. The third kappa shape index (κ3) is 4.15. The topological polar surface area (TPSA) is 71.5 Å². The number of benzene rings is 1. The molecule has 6 nitrogen and oxygen atoms in total. The Kier molecular flexibility index (Phi) is 5.28. The molecule has 1 unspecified atom stereocenters. The van der Waals surface area contributed by atoms with Gasteiger partial charge in [0, 0.05) is 43.7 Å². The molecule has 0 spiro atoms. The molecule has 1 aliphatic heterocycles. The zero-order valence-electron chi connectivity index (χ0n) is 14.1. The molecule has 0 radical (unpaired) electrons. The van der Waals surface area contributed by atoms with Gasteiger partial charge in [-0.25, -0.2) is 0 Å². The highest BCUT2D eigenvalue weighted by molar-refractivity contribution is 6.00. The summed E-state index contributed by atoms with van der Waals surface area (Å²) in [5.41, 5.74) is 1.88. The number of pyridine rings is 1. The van der Waals surface area contributed by atoms with Crippen LogP contribution in [0.25, 0.3) is 0 Å². The standard InChI is InChI=1S/C19H21N3O3/c1-25-17-4-2-3-16(12-17)22-13-15(11-18(22)23)19(24)21-10-7-14-5-8-20-9-6-14/h2-6,8-9,12,15H,7,10-11,13H2,1H3,(H,21,24). The molecule has 1 aliphatic rings. The van der Waals surface area contributed by atoms with E-state index in [-0.39, 0.29) is 24.2 Å². The van der Waals surface area contributed by atoms with Gasteiger partial charge in [0.1, 0.15) is 5.75 Å². The average molecular weight is 339 g/mol. The van der Waals surface area contributed by atoms with E-state index in [4.69, 9.17) is 4.74 Å². The number of anilines is 1. The summed E-state index contributed by atoms with van der Waals surface area (Å²) in [6, 6.07) is 11.2. The molecule has 25 heavy (non-hydrogen) atoms. The molecule has 0 saturated carbocycles. The first-order valence-electron chi connectivity index (χ1n) is 8.28. The molecule has 1 fully saturated rings. The summed E-state index contributed by atoms with van der Waals surface area (Å²) in [4.78, 5) is 30.3. The van der Waals surface area contributed by atoms with Gasteiger partial charge in [-0.2, -0.15) is 0 Å². The fraction of sp³-hybridized carbons (Fsp3) is 0.316. The number of methoxy groups -OCH3 is 1. The van der Waals surface area contributed by atoms with E-state index in [2.05, 4.69) is 10.3 Å². The van der Waals surface area contributed by atoms with Crippen molar-refractivity contribution in [3.05, 3.63) is 54.4 Å². The zero-order chi connectivity index (χ0) is 17.6. The van der Waals surface area contributed by atoms with Crippen LogP contribution < -0.4 is 15.0 Å². The molecule has 0 bridgehead atoms. The number of nitrogens with zero attached hydrogens (tertiary/aromatic N) is 2. The number of nitrogens with one attached hydrogen (secondary N) is 1.